The van der Waals surface area contributed by atoms with Gasteiger partial charge < -0.3 is 19.9 Å². The maximum Gasteiger partial charge on any atom is 0.311 e. The number of carbonyl (C=O) groups is 2. The highest BCUT2D eigenvalue weighted by Crippen LogP contribution is 2.34. The molecule has 0 aliphatic heterocycles. The molecule has 1 aromatic rings. The molecule has 0 aromatic heterocycles. The van der Waals surface area contributed by atoms with Gasteiger partial charge in [-0.1, -0.05) is 60.5 Å². The lowest BCUT2D eigenvalue weighted by Crippen LogP contribution is -2.22. The molecule has 164 valence electrons. The van der Waals surface area contributed by atoms with E-state index < -0.39 is 12.1 Å². The molecule has 0 spiro atoms. The molecule has 1 rings (SSSR count). The molecule has 0 radical (unpaired) electrons. The van der Waals surface area contributed by atoms with E-state index in [-0.39, 0.29) is 41.1 Å². The van der Waals surface area contributed by atoms with Crippen molar-refractivity contribution in [2.75, 3.05) is 13.6 Å². The lowest BCUT2D eigenvalue weighted by atomic mass is 9.87. The van der Waals surface area contributed by atoms with Gasteiger partial charge in [0.15, 0.2) is 11.5 Å². The molecule has 1 atom stereocenters. The molecular weight excluding hydrogens is 370 g/mol. The van der Waals surface area contributed by atoms with E-state index in [1.54, 1.807) is 25.2 Å². The fourth-order valence-electron chi connectivity index (χ4n) is 2.56. The lowest BCUT2D eigenvalue weighted by molar-refractivity contribution is -0.139. The predicted octanol–water partition coefficient (Wildman–Crippen LogP) is 4.40. The van der Waals surface area contributed by atoms with Gasteiger partial charge in [0.1, 0.15) is 0 Å². The first kappa shape index (κ1) is 25.1. The van der Waals surface area contributed by atoms with Crippen LogP contribution in [-0.4, -0.2) is 30.6 Å². The molecule has 29 heavy (non-hydrogen) atoms. The van der Waals surface area contributed by atoms with Crippen molar-refractivity contribution in [2.24, 2.45) is 10.8 Å². The third kappa shape index (κ3) is 8.54. The quantitative estimate of drug-likeness (QED) is 0.418. The molecule has 2 N–H and O–H groups in total. The Morgan fingerprint density at radius 2 is 1.45 bits per heavy atom. The normalized spacial score (nSPS) is 13.1. The minimum Gasteiger partial charge on any atom is -0.422 e. The van der Waals surface area contributed by atoms with Crippen LogP contribution in [0.25, 0.3) is 0 Å². The average Bonchev–Trinajstić information content (AvgIpc) is 2.62. The van der Waals surface area contributed by atoms with E-state index >= 15 is 0 Å². The zero-order valence-electron chi connectivity index (χ0n) is 18.9. The lowest BCUT2D eigenvalue weighted by Gasteiger charge is -2.23. The summed E-state index contributed by atoms with van der Waals surface area (Å²) < 4.78 is 11.1. The van der Waals surface area contributed by atoms with Crippen molar-refractivity contribution >= 4 is 11.9 Å². The molecule has 0 amide bonds. The van der Waals surface area contributed by atoms with Gasteiger partial charge in [-0.15, -0.1) is 0 Å². The molecule has 0 saturated heterocycles. The van der Waals surface area contributed by atoms with Crippen LogP contribution in [0.4, 0.5) is 0 Å². The van der Waals surface area contributed by atoms with Crippen molar-refractivity contribution < 1.29 is 24.2 Å². The van der Waals surface area contributed by atoms with Gasteiger partial charge >= 0.3 is 11.9 Å². The number of carbonyl (C=O) groups excluding carboxylic acids is 2. The second-order valence-electron chi connectivity index (χ2n) is 9.12. The summed E-state index contributed by atoms with van der Waals surface area (Å²) in [5, 5.41) is 13.2. The zero-order valence-corrected chi connectivity index (χ0v) is 18.9. The second kappa shape index (κ2) is 10.7. The number of benzene rings is 1. The number of esters is 2. The van der Waals surface area contributed by atoms with Crippen molar-refractivity contribution in [3.05, 3.63) is 23.8 Å². The Kier molecular flexibility index (Phi) is 9.30. The van der Waals surface area contributed by atoms with Crippen LogP contribution in [0.15, 0.2) is 18.2 Å². The molecule has 6 nitrogen and oxygen atoms in total. The van der Waals surface area contributed by atoms with Crippen LogP contribution >= 0.6 is 0 Å². The van der Waals surface area contributed by atoms with Gasteiger partial charge in [0.2, 0.25) is 0 Å². The molecular formula is C23H37NO5. The first-order chi connectivity index (χ1) is 13.4. The Hall–Kier alpha value is -1.92. The summed E-state index contributed by atoms with van der Waals surface area (Å²) in [5.74, 6) is -0.447. The molecule has 0 heterocycles. The van der Waals surface area contributed by atoms with Crippen LogP contribution in [0.1, 0.15) is 78.9 Å². The van der Waals surface area contributed by atoms with Crippen LogP contribution < -0.4 is 14.8 Å². The Morgan fingerprint density at radius 1 is 0.966 bits per heavy atom. The van der Waals surface area contributed by atoms with Crippen molar-refractivity contribution in [3.8, 4) is 11.5 Å². The summed E-state index contributed by atoms with van der Waals surface area (Å²) in [6, 6.07) is 4.80. The topological polar surface area (TPSA) is 84.9 Å². The SMILES string of the molecule is CCC(C)(C)CC(=O)Oc1ccc(C(O)CNC)cc1OC(=O)CC(C)(C)CC. The molecule has 0 bridgehead atoms. The smallest absolute Gasteiger partial charge is 0.311 e. The summed E-state index contributed by atoms with van der Waals surface area (Å²) in [5.41, 5.74) is 0.204. The van der Waals surface area contributed by atoms with E-state index in [2.05, 4.69) is 5.32 Å². The number of rotatable bonds is 11. The monoisotopic (exact) mass is 407 g/mol. The van der Waals surface area contributed by atoms with Gasteiger partial charge in [0.05, 0.1) is 18.9 Å². The number of ether oxygens (including phenoxy) is 2. The van der Waals surface area contributed by atoms with Crippen molar-refractivity contribution in [1.82, 2.24) is 5.32 Å². The largest absolute Gasteiger partial charge is 0.422 e. The number of aliphatic hydroxyl groups excluding tert-OH is 1. The summed E-state index contributed by atoms with van der Waals surface area (Å²) in [6.45, 7) is 12.4. The van der Waals surface area contributed by atoms with Crippen LogP contribution in [0.5, 0.6) is 11.5 Å². The predicted molar refractivity (Wildman–Crippen MR) is 114 cm³/mol. The number of nitrogens with one attached hydrogen (secondary N) is 1. The van der Waals surface area contributed by atoms with Crippen LogP contribution in [0.3, 0.4) is 0 Å². The fourth-order valence-corrected chi connectivity index (χ4v) is 2.56. The first-order valence-electron chi connectivity index (χ1n) is 10.3. The molecule has 6 heteroatoms. The second-order valence-corrected chi connectivity index (χ2v) is 9.12. The van der Waals surface area contributed by atoms with Crippen molar-refractivity contribution in [3.63, 3.8) is 0 Å². The Morgan fingerprint density at radius 3 is 1.90 bits per heavy atom. The summed E-state index contributed by atoms with van der Waals surface area (Å²) >= 11 is 0. The highest BCUT2D eigenvalue weighted by Gasteiger charge is 2.25. The Balaban J connectivity index is 3.10. The van der Waals surface area contributed by atoms with Crippen LogP contribution in [0.2, 0.25) is 0 Å². The molecule has 1 unspecified atom stereocenters. The molecule has 0 aliphatic carbocycles. The molecule has 0 saturated carbocycles. The fraction of sp³-hybridized carbons (Fsp3) is 0.652. The van der Waals surface area contributed by atoms with Gasteiger partial charge in [-0.2, -0.15) is 0 Å². The highest BCUT2D eigenvalue weighted by molar-refractivity contribution is 5.77. The summed E-state index contributed by atoms with van der Waals surface area (Å²) in [7, 11) is 1.74. The van der Waals surface area contributed by atoms with E-state index in [4.69, 9.17) is 9.47 Å². The number of hydrogen-bond donors (Lipinski definition) is 2. The summed E-state index contributed by atoms with van der Waals surface area (Å²) in [4.78, 5) is 24.9. The number of hydrogen-bond acceptors (Lipinski definition) is 6. The van der Waals surface area contributed by atoms with Crippen molar-refractivity contribution in [2.45, 2.75) is 73.3 Å². The van der Waals surface area contributed by atoms with Gasteiger partial charge in [-0.3, -0.25) is 9.59 Å². The van der Waals surface area contributed by atoms with E-state index in [0.29, 0.717) is 12.1 Å². The maximum absolute atomic E-state index is 12.5. The van der Waals surface area contributed by atoms with Gasteiger partial charge in [0, 0.05) is 6.54 Å². The Bertz CT molecular complexity index is 697. The van der Waals surface area contributed by atoms with Gasteiger partial charge in [0.25, 0.3) is 0 Å². The van der Waals surface area contributed by atoms with E-state index in [1.807, 2.05) is 41.5 Å². The maximum atomic E-state index is 12.5. The number of likely N-dealkylation sites (N-methyl/N-ethyl adjacent to an activating group) is 1. The van der Waals surface area contributed by atoms with E-state index in [9.17, 15) is 14.7 Å². The minimum absolute atomic E-state index is 0.150. The van der Waals surface area contributed by atoms with Crippen LogP contribution in [-0.2, 0) is 9.59 Å². The Labute approximate surface area is 175 Å². The molecule has 0 fully saturated rings. The zero-order chi connectivity index (χ0) is 22.2. The third-order valence-corrected chi connectivity index (χ3v) is 5.36. The van der Waals surface area contributed by atoms with Crippen molar-refractivity contribution in [1.29, 1.82) is 0 Å². The third-order valence-electron chi connectivity index (χ3n) is 5.36. The van der Waals surface area contributed by atoms with E-state index in [0.717, 1.165) is 12.8 Å². The van der Waals surface area contributed by atoms with Gasteiger partial charge in [-0.05, 0) is 35.6 Å². The summed E-state index contributed by atoms with van der Waals surface area (Å²) in [6.07, 6.45) is 1.39. The first-order valence-corrected chi connectivity index (χ1v) is 10.3. The minimum atomic E-state index is -0.770. The number of aliphatic hydroxyl groups is 1. The van der Waals surface area contributed by atoms with Crippen LogP contribution in [0, 0.1) is 10.8 Å². The standard InChI is InChI=1S/C23H37NO5/c1-8-22(3,4)13-20(26)28-18-11-10-16(17(25)15-24-7)12-19(18)29-21(27)14-23(5,6)9-2/h10-12,17,24-25H,8-9,13-15H2,1-7H3. The van der Waals surface area contributed by atoms with E-state index in [1.165, 1.54) is 0 Å². The van der Waals surface area contributed by atoms with Gasteiger partial charge in [-0.25, -0.2) is 0 Å². The molecule has 0 aliphatic rings. The average molecular weight is 408 g/mol. The highest BCUT2D eigenvalue weighted by atomic mass is 16.6. The molecule has 1 aromatic carbocycles.